The Morgan fingerprint density at radius 3 is 2.71 bits per heavy atom. The molecule has 1 saturated heterocycles. The van der Waals surface area contributed by atoms with Crippen molar-refractivity contribution in [3.8, 4) is 0 Å². The summed E-state index contributed by atoms with van der Waals surface area (Å²) in [4.78, 5) is 28.6. The van der Waals surface area contributed by atoms with Gasteiger partial charge in [0.15, 0.2) is 0 Å². The third-order valence-corrected chi connectivity index (χ3v) is 4.42. The predicted molar refractivity (Wildman–Crippen MR) is 96.0 cm³/mol. The van der Waals surface area contributed by atoms with Crippen molar-refractivity contribution >= 4 is 28.3 Å². The Bertz CT molecular complexity index is 757. The largest absolute Gasteiger partial charge is 0.354 e. The topological polar surface area (TPSA) is 52.7 Å². The van der Waals surface area contributed by atoms with Crippen LogP contribution in [0.5, 0.6) is 0 Å². The van der Waals surface area contributed by atoms with E-state index in [0.717, 1.165) is 23.0 Å². The monoisotopic (exact) mass is 325 g/mol. The molecule has 5 nitrogen and oxygen atoms in total. The van der Waals surface area contributed by atoms with E-state index in [1.165, 1.54) is 0 Å². The summed E-state index contributed by atoms with van der Waals surface area (Å²) in [6, 6.07) is 14.0. The Balaban J connectivity index is 1.69. The summed E-state index contributed by atoms with van der Waals surface area (Å²) < 4.78 is 0. The van der Waals surface area contributed by atoms with E-state index in [2.05, 4.69) is 5.32 Å². The smallest absolute Gasteiger partial charge is 0.239 e. The maximum atomic E-state index is 12.6. The van der Waals surface area contributed by atoms with Crippen LogP contribution in [0.15, 0.2) is 42.5 Å². The van der Waals surface area contributed by atoms with E-state index >= 15 is 0 Å². The molecule has 1 unspecified atom stereocenters. The number of benzene rings is 2. The Hall–Kier alpha value is -2.40. The second-order valence-corrected chi connectivity index (χ2v) is 6.46. The molecule has 1 fully saturated rings. The number of hydrogen-bond acceptors (Lipinski definition) is 3. The zero-order valence-corrected chi connectivity index (χ0v) is 14.2. The SMILES string of the molecule is CN(C)CCNC(=O)C1CCN(c2ccc3ccccc3c2)C1=O. The van der Waals surface area contributed by atoms with Gasteiger partial charge >= 0.3 is 0 Å². The predicted octanol–water partition coefficient (Wildman–Crippen LogP) is 1.87. The second-order valence-electron chi connectivity index (χ2n) is 6.46. The molecule has 2 aromatic carbocycles. The van der Waals surface area contributed by atoms with Crippen molar-refractivity contribution in [2.45, 2.75) is 6.42 Å². The summed E-state index contributed by atoms with van der Waals surface area (Å²) in [7, 11) is 3.91. The van der Waals surface area contributed by atoms with E-state index in [0.29, 0.717) is 19.5 Å². The minimum absolute atomic E-state index is 0.104. The molecule has 0 radical (unpaired) electrons. The van der Waals surface area contributed by atoms with Gasteiger partial charge in [0.05, 0.1) is 0 Å². The van der Waals surface area contributed by atoms with Crippen LogP contribution >= 0.6 is 0 Å². The van der Waals surface area contributed by atoms with Crippen molar-refractivity contribution in [2.75, 3.05) is 38.6 Å². The number of likely N-dealkylation sites (N-methyl/N-ethyl adjacent to an activating group) is 1. The molecule has 0 aromatic heterocycles. The molecule has 5 heteroatoms. The van der Waals surface area contributed by atoms with E-state index in [9.17, 15) is 9.59 Å². The molecular formula is C19H23N3O2. The molecule has 24 heavy (non-hydrogen) atoms. The Morgan fingerprint density at radius 1 is 1.21 bits per heavy atom. The first-order valence-corrected chi connectivity index (χ1v) is 8.29. The van der Waals surface area contributed by atoms with Gasteiger partial charge in [0.2, 0.25) is 11.8 Å². The van der Waals surface area contributed by atoms with Crippen LogP contribution < -0.4 is 10.2 Å². The second kappa shape index (κ2) is 7.01. The lowest BCUT2D eigenvalue weighted by Gasteiger charge is -2.18. The molecule has 3 rings (SSSR count). The maximum Gasteiger partial charge on any atom is 0.239 e. The fraction of sp³-hybridized carbons (Fsp3) is 0.368. The van der Waals surface area contributed by atoms with Crippen LogP contribution in [0.3, 0.4) is 0 Å². The minimum Gasteiger partial charge on any atom is -0.354 e. The summed E-state index contributed by atoms with van der Waals surface area (Å²) in [5, 5.41) is 5.10. The van der Waals surface area contributed by atoms with Gasteiger partial charge in [-0.15, -0.1) is 0 Å². The van der Waals surface area contributed by atoms with Crippen LogP contribution in [0.1, 0.15) is 6.42 Å². The molecule has 2 aromatic rings. The van der Waals surface area contributed by atoms with Crippen molar-refractivity contribution in [3.05, 3.63) is 42.5 Å². The van der Waals surface area contributed by atoms with Crippen LogP contribution in [0.2, 0.25) is 0 Å². The van der Waals surface area contributed by atoms with E-state index in [-0.39, 0.29) is 11.8 Å². The number of nitrogens with zero attached hydrogens (tertiary/aromatic N) is 2. The number of hydrogen-bond donors (Lipinski definition) is 1. The van der Waals surface area contributed by atoms with Gasteiger partial charge in [0.1, 0.15) is 5.92 Å². The maximum absolute atomic E-state index is 12.6. The molecule has 0 aliphatic carbocycles. The molecule has 1 N–H and O–H groups in total. The average Bonchev–Trinajstić information content (AvgIpc) is 2.95. The normalized spacial score (nSPS) is 17.7. The van der Waals surface area contributed by atoms with Gasteiger partial charge < -0.3 is 15.1 Å². The molecule has 0 spiro atoms. The lowest BCUT2D eigenvalue weighted by Crippen LogP contribution is -2.39. The number of amides is 2. The summed E-state index contributed by atoms with van der Waals surface area (Å²) in [5.74, 6) is -0.837. The van der Waals surface area contributed by atoms with Crippen molar-refractivity contribution in [3.63, 3.8) is 0 Å². The average molecular weight is 325 g/mol. The first-order chi connectivity index (χ1) is 11.6. The van der Waals surface area contributed by atoms with Crippen LogP contribution in [-0.4, -0.2) is 50.4 Å². The van der Waals surface area contributed by atoms with Crippen LogP contribution in [0, 0.1) is 5.92 Å². The van der Waals surface area contributed by atoms with Crippen LogP contribution in [-0.2, 0) is 9.59 Å². The van der Waals surface area contributed by atoms with Gasteiger partial charge in [-0.25, -0.2) is 0 Å². The summed E-state index contributed by atoms with van der Waals surface area (Å²) in [5.41, 5.74) is 0.863. The lowest BCUT2D eigenvalue weighted by molar-refractivity contribution is -0.132. The van der Waals surface area contributed by atoms with Gasteiger partial charge in [0.25, 0.3) is 0 Å². The first-order valence-electron chi connectivity index (χ1n) is 8.29. The zero-order chi connectivity index (χ0) is 17.1. The molecule has 0 bridgehead atoms. The van der Waals surface area contributed by atoms with Gasteiger partial charge in [-0.05, 0) is 43.4 Å². The quantitative estimate of drug-likeness (QED) is 0.854. The number of rotatable bonds is 5. The van der Waals surface area contributed by atoms with Crippen molar-refractivity contribution in [1.82, 2.24) is 10.2 Å². The van der Waals surface area contributed by atoms with Gasteiger partial charge in [-0.2, -0.15) is 0 Å². The number of carbonyl (C=O) groups excluding carboxylic acids is 2. The molecular weight excluding hydrogens is 302 g/mol. The highest BCUT2D eigenvalue weighted by atomic mass is 16.2. The highest BCUT2D eigenvalue weighted by molar-refractivity contribution is 6.10. The molecule has 1 aliphatic heterocycles. The highest BCUT2D eigenvalue weighted by Gasteiger charge is 2.37. The van der Waals surface area contributed by atoms with Crippen molar-refractivity contribution < 1.29 is 9.59 Å². The fourth-order valence-electron chi connectivity index (χ4n) is 3.05. The summed E-state index contributed by atoms with van der Waals surface area (Å²) in [6.07, 6.45) is 0.569. The highest BCUT2D eigenvalue weighted by Crippen LogP contribution is 2.28. The van der Waals surface area contributed by atoms with E-state index in [1.54, 1.807) is 4.90 Å². The van der Waals surface area contributed by atoms with Gasteiger partial charge in [-0.3, -0.25) is 9.59 Å². The van der Waals surface area contributed by atoms with Crippen molar-refractivity contribution in [2.24, 2.45) is 5.92 Å². The molecule has 1 heterocycles. The summed E-state index contributed by atoms with van der Waals surface area (Å²) in [6.45, 7) is 1.91. The Labute approximate surface area is 142 Å². The van der Waals surface area contributed by atoms with Crippen LogP contribution in [0.25, 0.3) is 10.8 Å². The zero-order valence-electron chi connectivity index (χ0n) is 14.2. The Kier molecular flexibility index (Phi) is 4.81. The number of fused-ring (bicyclic) bond motifs is 1. The standard InChI is InChI=1S/C19H23N3O2/c1-21(2)12-10-20-18(23)17-9-11-22(19(17)24)16-8-7-14-5-3-4-6-15(14)13-16/h3-8,13,17H,9-12H2,1-2H3,(H,20,23). The number of carbonyl (C=O) groups is 2. The molecule has 2 amide bonds. The molecule has 1 atom stereocenters. The third-order valence-electron chi connectivity index (χ3n) is 4.42. The van der Waals surface area contributed by atoms with Crippen LogP contribution in [0.4, 0.5) is 5.69 Å². The fourth-order valence-corrected chi connectivity index (χ4v) is 3.05. The number of nitrogens with one attached hydrogen (secondary N) is 1. The molecule has 0 saturated carbocycles. The van der Waals surface area contributed by atoms with E-state index in [1.807, 2.05) is 61.5 Å². The van der Waals surface area contributed by atoms with E-state index < -0.39 is 5.92 Å². The number of anilines is 1. The van der Waals surface area contributed by atoms with Gasteiger partial charge in [-0.1, -0.05) is 30.3 Å². The third kappa shape index (κ3) is 3.41. The van der Waals surface area contributed by atoms with Crippen molar-refractivity contribution in [1.29, 1.82) is 0 Å². The van der Waals surface area contributed by atoms with E-state index in [4.69, 9.17) is 0 Å². The Morgan fingerprint density at radius 2 is 1.96 bits per heavy atom. The molecule has 1 aliphatic rings. The van der Waals surface area contributed by atoms with Gasteiger partial charge in [0, 0.05) is 25.3 Å². The minimum atomic E-state index is -0.571. The first kappa shape index (κ1) is 16.5. The summed E-state index contributed by atoms with van der Waals surface area (Å²) >= 11 is 0. The molecule has 126 valence electrons. The lowest BCUT2D eigenvalue weighted by atomic mass is 10.1.